The molecule has 2 amide bonds. The summed E-state index contributed by atoms with van der Waals surface area (Å²) in [7, 11) is 1.83. The van der Waals surface area contributed by atoms with Gasteiger partial charge < -0.3 is 15.0 Å². The van der Waals surface area contributed by atoms with Crippen LogP contribution in [-0.2, 0) is 18.3 Å². The number of anilines is 1. The van der Waals surface area contributed by atoms with Crippen LogP contribution in [0, 0.1) is 0 Å². The SMILES string of the molecule is Cn1cc(-c2nc(C(=O)Nc3cccc(CN4CCOC4=O)c3)cs2)cn1. The number of hydrogen-bond donors (Lipinski definition) is 1. The van der Waals surface area contributed by atoms with E-state index in [-0.39, 0.29) is 12.0 Å². The van der Waals surface area contributed by atoms with Crippen molar-refractivity contribution in [1.82, 2.24) is 19.7 Å². The summed E-state index contributed by atoms with van der Waals surface area (Å²) >= 11 is 1.40. The van der Waals surface area contributed by atoms with E-state index in [1.165, 1.54) is 11.3 Å². The second-order valence-electron chi connectivity index (χ2n) is 6.13. The smallest absolute Gasteiger partial charge is 0.410 e. The number of nitrogens with one attached hydrogen (secondary N) is 1. The minimum atomic E-state index is -0.310. The van der Waals surface area contributed by atoms with Crippen molar-refractivity contribution in [3.8, 4) is 10.6 Å². The molecule has 0 atom stereocenters. The van der Waals surface area contributed by atoms with E-state index in [4.69, 9.17) is 4.74 Å². The third-order valence-electron chi connectivity index (χ3n) is 4.09. The first kappa shape index (κ1) is 17.2. The molecule has 0 spiro atoms. The van der Waals surface area contributed by atoms with Gasteiger partial charge in [-0.3, -0.25) is 9.48 Å². The number of ether oxygens (including phenoxy) is 1. The van der Waals surface area contributed by atoms with E-state index in [1.807, 2.05) is 31.4 Å². The lowest BCUT2D eigenvalue weighted by Gasteiger charge is -2.13. The topological polar surface area (TPSA) is 89.4 Å². The van der Waals surface area contributed by atoms with E-state index in [9.17, 15) is 9.59 Å². The first-order valence-electron chi connectivity index (χ1n) is 8.35. The summed E-state index contributed by atoms with van der Waals surface area (Å²) in [6.07, 6.45) is 3.26. The van der Waals surface area contributed by atoms with E-state index in [0.29, 0.717) is 31.1 Å². The number of cyclic esters (lactones) is 1. The van der Waals surface area contributed by atoms with Gasteiger partial charge in [-0.05, 0) is 17.7 Å². The largest absolute Gasteiger partial charge is 0.448 e. The summed E-state index contributed by atoms with van der Waals surface area (Å²) in [5.74, 6) is -0.279. The molecule has 3 aromatic rings. The number of amides is 2. The second-order valence-corrected chi connectivity index (χ2v) is 6.99. The summed E-state index contributed by atoms with van der Waals surface area (Å²) < 4.78 is 6.63. The highest BCUT2D eigenvalue weighted by atomic mass is 32.1. The Morgan fingerprint density at radius 3 is 3.04 bits per heavy atom. The number of nitrogens with zero attached hydrogens (tertiary/aromatic N) is 4. The second kappa shape index (κ2) is 7.20. The quantitative estimate of drug-likeness (QED) is 0.732. The highest BCUT2D eigenvalue weighted by molar-refractivity contribution is 7.13. The average Bonchev–Trinajstić information content (AvgIpc) is 3.37. The minimum absolute atomic E-state index is 0.279. The van der Waals surface area contributed by atoms with Gasteiger partial charge in [-0.1, -0.05) is 12.1 Å². The standard InChI is InChI=1S/C18H17N5O3S/c1-22-10-13(8-19-22)17-21-15(11-27-17)16(24)20-14-4-2-3-12(7-14)9-23-5-6-26-18(23)25/h2-4,7-8,10-11H,5-6,9H2,1H3,(H,20,24). The molecule has 9 heteroatoms. The molecule has 0 unspecified atom stereocenters. The Labute approximate surface area is 159 Å². The van der Waals surface area contributed by atoms with Crippen LogP contribution in [-0.4, -0.2) is 44.8 Å². The van der Waals surface area contributed by atoms with Crippen LogP contribution < -0.4 is 5.32 Å². The van der Waals surface area contributed by atoms with Crippen LogP contribution in [0.3, 0.4) is 0 Å². The number of benzene rings is 1. The maximum atomic E-state index is 12.5. The summed E-state index contributed by atoms with van der Waals surface area (Å²) in [6.45, 7) is 1.44. The number of carbonyl (C=O) groups is 2. The zero-order valence-corrected chi connectivity index (χ0v) is 15.4. The zero-order chi connectivity index (χ0) is 18.8. The molecule has 3 heterocycles. The van der Waals surface area contributed by atoms with Gasteiger partial charge in [0.05, 0.1) is 12.7 Å². The third kappa shape index (κ3) is 3.82. The Morgan fingerprint density at radius 2 is 2.30 bits per heavy atom. The summed E-state index contributed by atoms with van der Waals surface area (Å²) in [6, 6.07) is 7.40. The van der Waals surface area contributed by atoms with Crippen molar-refractivity contribution in [2.45, 2.75) is 6.54 Å². The number of aromatic nitrogens is 3. The predicted octanol–water partition coefficient (Wildman–Crippen LogP) is 2.75. The van der Waals surface area contributed by atoms with E-state index in [2.05, 4.69) is 15.4 Å². The van der Waals surface area contributed by atoms with Crippen LogP contribution in [0.25, 0.3) is 10.6 Å². The molecule has 0 saturated carbocycles. The van der Waals surface area contributed by atoms with Gasteiger partial charge in [-0.25, -0.2) is 9.78 Å². The van der Waals surface area contributed by atoms with Gasteiger partial charge in [0.15, 0.2) is 0 Å². The van der Waals surface area contributed by atoms with E-state index in [0.717, 1.165) is 16.1 Å². The molecule has 1 aliphatic rings. The molecule has 1 aliphatic heterocycles. The fourth-order valence-electron chi connectivity index (χ4n) is 2.77. The molecule has 138 valence electrons. The van der Waals surface area contributed by atoms with Gasteiger partial charge in [0.25, 0.3) is 5.91 Å². The highest BCUT2D eigenvalue weighted by Crippen LogP contribution is 2.23. The molecule has 1 N–H and O–H groups in total. The van der Waals surface area contributed by atoms with Crippen molar-refractivity contribution in [3.05, 3.63) is 53.3 Å². The molecule has 0 radical (unpaired) electrons. The molecule has 2 aromatic heterocycles. The van der Waals surface area contributed by atoms with Crippen molar-refractivity contribution in [1.29, 1.82) is 0 Å². The van der Waals surface area contributed by atoms with Gasteiger partial charge in [0, 0.05) is 36.4 Å². The van der Waals surface area contributed by atoms with Gasteiger partial charge in [0.1, 0.15) is 17.3 Å². The number of thiazole rings is 1. The normalized spacial score (nSPS) is 13.7. The van der Waals surface area contributed by atoms with Crippen molar-refractivity contribution in [3.63, 3.8) is 0 Å². The lowest BCUT2D eigenvalue weighted by Crippen LogP contribution is -2.23. The molecule has 1 aromatic carbocycles. The Morgan fingerprint density at radius 1 is 1.41 bits per heavy atom. The summed E-state index contributed by atoms with van der Waals surface area (Å²) in [5.41, 5.74) is 2.80. The van der Waals surface area contributed by atoms with Gasteiger partial charge >= 0.3 is 6.09 Å². The van der Waals surface area contributed by atoms with Crippen LogP contribution in [0.2, 0.25) is 0 Å². The number of hydrogen-bond acceptors (Lipinski definition) is 6. The maximum Gasteiger partial charge on any atom is 0.410 e. The van der Waals surface area contributed by atoms with Gasteiger partial charge in [-0.2, -0.15) is 5.10 Å². The van der Waals surface area contributed by atoms with E-state index in [1.54, 1.807) is 27.2 Å². The number of aryl methyl sites for hydroxylation is 1. The first-order chi connectivity index (χ1) is 13.1. The monoisotopic (exact) mass is 383 g/mol. The molecule has 4 rings (SSSR count). The Hall–Kier alpha value is -3.20. The third-order valence-corrected chi connectivity index (χ3v) is 4.98. The Bertz CT molecular complexity index is 996. The van der Waals surface area contributed by atoms with E-state index >= 15 is 0 Å². The molecular weight excluding hydrogens is 366 g/mol. The van der Waals surface area contributed by atoms with E-state index < -0.39 is 0 Å². The Balaban J connectivity index is 1.44. The predicted molar refractivity (Wildman–Crippen MR) is 100 cm³/mol. The van der Waals surface area contributed by atoms with Crippen LogP contribution in [0.5, 0.6) is 0 Å². The van der Waals surface area contributed by atoms with Crippen LogP contribution >= 0.6 is 11.3 Å². The Kier molecular flexibility index (Phi) is 4.59. The first-order valence-corrected chi connectivity index (χ1v) is 9.23. The van der Waals surface area contributed by atoms with Crippen molar-refractivity contribution < 1.29 is 14.3 Å². The molecule has 27 heavy (non-hydrogen) atoms. The molecule has 1 saturated heterocycles. The average molecular weight is 383 g/mol. The van der Waals surface area contributed by atoms with Gasteiger partial charge in [-0.15, -0.1) is 11.3 Å². The minimum Gasteiger partial charge on any atom is -0.448 e. The zero-order valence-electron chi connectivity index (χ0n) is 14.6. The van der Waals surface area contributed by atoms with Crippen molar-refractivity contribution >= 4 is 29.0 Å². The fraction of sp³-hybridized carbons (Fsp3) is 0.222. The van der Waals surface area contributed by atoms with Crippen molar-refractivity contribution in [2.24, 2.45) is 7.05 Å². The molecule has 8 nitrogen and oxygen atoms in total. The highest BCUT2D eigenvalue weighted by Gasteiger charge is 2.22. The fourth-order valence-corrected chi connectivity index (χ4v) is 3.55. The van der Waals surface area contributed by atoms with Gasteiger partial charge in [0.2, 0.25) is 0 Å². The van der Waals surface area contributed by atoms with Crippen LogP contribution in [0.15, 0.2) is 42.0 Å². The van der Waals surface area contributed by atoms with Crippen LogP contribution in [0.4, 0.5) is 10.5 Å². The number of rotatable bonds is 5. The summed E-state index contributed by atoms with van der Waals surface area (Å²) in [4.78, 5) is 30.1. The molecular formula is C18H17N5O3S. The molecule has 0 aliphatic carbocycles. The molecule has 0 bridgehead atoms. The summed E-state index contributed by atoms with van der Waals surface area (Å²) in [5, 5.41) is 9.44. The lowest BCUT2D eigenvalue weighted by molar-refractivity contribution is 0.102. The van der Waals surface area contributed by atoms with Crippen LogP contribution in [0.1, 0.15) is 16.1 Å². The molecule has 1 fully saturated rings. The maximum absolute atomic E-state index is 12.5. The van der Waals surface area contributed by atoms with Crippen molar-refractivity contribution in [2.75, 3.05) is 18.5 Å². The number of carbonyl (C=O) groups excluding carboxylic acids is 2. The lowest BCUT2D eigenvalue weighted by atomic mass is 10.2.